The van der Waals surface area contributed by atoms with Crippen LogP contribution < -0.4 is 16.0 Å². The zero-order valence-corrected chi connectivity index (χ0v) is 14.2. The standard InChI is InChI=1S/C17H18ClN5O2/c18-14-5-6-15(22-21-14)23-9-7-12(8-10-23)17(25)20-13-3-1-11(2-4-13)16(19)24/h1-6,12H,7-10H2,(H2,19,24)(H,20,25). The Bertz CT molecular complexity index is 756. The molecular weight excluding hydrogens is 342 g/mol. The molecule has 1 aromatic carbocycles. The normalized spacial score (nSPS) is 15.0. The van der Waals surface area contributed by atoms with Crippen LogP contribution in [-0.2, 0) is 4.79 Å². The Morgan fingerprint density at radius 2 is 1.76 bits per heavy atom. The van der Waals surface area contributed by atoms with E-state index in [0.717, 1.165) is 31.7 Å². The van der Waals surface area contributed by atoms with Crippen molar-refractivity contribution < 1.29 is 9.59 Å². The predicted molar refractivity (Wildman–Crippen MR) is 95.6 cm³/mol. The summed E-state index contributed by atoms with van der Waals surface area (Å²) in [6.07, 6.45) is 1.46. The maximum atomic E-state index is 12.4. The first-order valence-electron chi connectivity index (χ1n) is 7.98. The van der Waals surface area contributed by atoms with E-state index in [4.69, 9.17) is 17.3 Å². The Balaban J connectivity index is 1.54. The van der Waals surface area contributed by atoms with Crippen molar-refractivity contribution in [2.24, 2.45) is 11.7 Å². The number of carbonyl (C=O) groups is 2. The van der Waals surface area contributed by atoms with E-state index in [0.29, 0.717) is 16.4 Å². The average molecular weight is 360 g/mol. The van der Waals surface area contributed by atoms with Gasteiger partial charge in [0.1, 0.15) is 0 Å². The van der Waals surface area contributed by atoms with Crippen LogP contribution in [0.4, 0.5) is 11.5 Å². The minimum atomic E-state index is -0.490. The molecule has 2 aromatic rings. The van der Waals surface area contributed by atoms with Crippen molar-refractivity contribution in [3.05, 3.63) is 47.1 Å². The number of hydrogen-bond donors (Lipinski definition) is 2. The van der Waals surface area contributed by atoms with E-state index in [2.05, 4.69) is 20.4 Å². The van der Waals surface area contributed by atoms with E-state index in [1.807, 2.05) is 6.07 Å². The van der Waals surface area contributed by atoms with Gasteiger partial charge >= 0.3 is 0 Å². The number of nitrogens with zero attached hydrogens (tertiary/aromatic N) is 3. The van der Waals surface area contributed by atoms with Gasteiger partial charge in [-0.05, 0) is 49.2 Å². The summed E-state index contributed by atoms with van der Waals surface area (Å²) >= 11 is 5.75. The molecule has 25 heavy (non-hydrogen) atoms. The van der Waals surface area contributed by atoms with E-state index in [-0.39, 0.29) is 11.8 Å². The number of anilines is 2. The zero-order valence-electron chi connectivity index (χ0n) is 13.5. The molecule has 130 valence electrons. The van der Waals surface area contributed by atoms with Gasteiger partial charge in [-0.2, -0.15) is 0 Å². The molecule has 8 heteroatoms. The van der Waals surface area contributed by atoms with Crippen molar-refractivity contribution in [3.8, 4) is 0 Å². The Kier molecular flexibility index (Phi) is 5.14. The van der Waals surface area contributed by atoms with Crippen molar-refractivity contribution in [3.63, 3.8) is 0 Å². The Morgan fingerprint density at radius 1 is 1.08 bits per heavy atom. The number of nitrogens with one attached hydrogen (secondary N) is 1. The zero-order chi connectivity index (χ0) is 17.8. The maximum absolute atomic E-state index is 12.4. The van der Waals surface area contributed by atoms with Crippen molar-refractivity contribution in [2.45, 2.75) is 12.8 Å². The SMILES string of the molecule is NC(=O)c1ccc(NC(=O)C2CCN(c3ccc(Cl)nn3)CC2)cc1. The molecule has 3 N–H and O–H groups in total. The molecule has 3 rings (SSSR count). The van der Waals surface area contributed by atoms with Gasteiger partial charge in [0.15, 0.2) is 11.0 Å². The number of carbonyl (C=O) groups excluding carboxylic acids is 2. The number of hydrogen-bond acceptors (Lipinski definition) is 5. The van der Waals surface area contributed by atoms with Crippen LogP contribution in [0.25, 0.3) is 0 Å². The lowest BCUT2D eigenvalue weighted by Gasteiger charge is -2.31. The highest BCUT2D eigenvalue weighted by Gasteiger charge is 2.25. The second-order valence-electron chi connectivity index (χ2n) is 5.91. The van der Waals surface area contributed by atoms with Crippen LogP contribution in [0.3, 0.4) is 0 Å². The summed E-state index contributed by atoms with van der Waals surface area (Å²) < 4.78 is 0. The average Bonchev–Trinajstić information content (AvgIpc) is 2.63. The molecule has 1 aliphatic heterocycles. The summed E-state index contributed by atoms with van der Waals surface area (Å²) in [5, 5.41) is 11.2. The third-order valence-electron chi connectivity index (χ3n) is 4.24. The van der Waals surface area contributed by atoms with Crippen LogP contribution >= 0.6 is 11.6 Å². The largest absolute Gasteiger partial charge is 0.366 e. The summed E-state index contributed by atoms with van der Waals surface area (Å²) in [5.41, 5.74) is 6.27. The van der Waals surface area contributed by atoms with Crippen molar-refractivity contribution in [1.82, 2.24) is 10.2 Å². The van der Waals surface area contributed by atoms with Crippen molar-refractivity contribution >= 4 is 34.9 Å². The maximum Gasteiger partial charge on any atom is 0.248 e. The van der Waals surface area contributed by atoms with Crippen LogP contribution in [0, 0.1) is 5.92 Å². The van der Waals surface area contributed by atoms with Gasteiger partial charge < -0.3 is 16.0 Å². The molecule has 0 saturated carbocycles. The van der Waals surface area contributed by atoms with E-state index in [9.17, 15) is 9.59 Å². The van der Waals surface area contributed by atoms with E-state index in [1.165, 1.54) is 0 Å². The number of amides is 2. The molecule has 2 amide bonds. The fraction of sp³-hybridized carbons (Fsp3) is 0.294. The van der Waals surface area contributed by atoms with Crippen LogP contribution in [0.1, 0.15) is 23.2 Å². The molecule has 1 saturated heterocycles. The quantitative estimate of drug-likeness (QED) is 0.870. The first-order valence-corrected chi connectivity index (χ1v) is 8.35. The Morgan fingerprint density at radius 3 is 2.32 bits per heavy atom. The van der Waals surface area contributed by atoms with Gasteiger partial charge in [0, 0.05) is 30.3 Å². The first kappa shape index (κ1) is 17.2. The molecule has 2 heterocycles. The fourth-order valence-corrected chi connectivity index (χ4v) is 2.91. The lowest BCUT2D eigenvalue weighted by Crippen LogP contribution is -2.38. The molecular formula is C17H18ClN5O2. The third kappa shape index (κ3) is 4.24. The molecule has 0 spiro atoms. The van der Waals surface area contributed by atoms with E-state index in [1.54, 1.807) is 30.3 Å². The summed E-state index contributed by atoms with van der Waals surface area (Å²) in [6.45, 7) is 1.46. The topological polar surface area (TPSA) is 101 Å². The number of aromatic nitrogens is 2. The number of benzene rings is 1. The van der Waals surface area contributed by atoms with Gasteiger partial charge in [0.25, 0.3) is 0 Å². The molecule has 0 aliphatic carbocycles. The van der Waals surface area contributed by atoms with Crippen molar-refractivity contribution in [1.29, 1.82) is 0 Å². The number of halogens is 1. The molecule has 7 nitrogen and oxygen atoms in total. The molecule has 0 unspecified atom stereocenters. The molecule has 1 aliphatic rings. The first-order chi connectivity index (χ1) is 12.0. The minimum Gasteiger partial charge on any atom is -0.366 e. The number of nitrogens with two attached hydrogens (primary N) is 1. The van der Waals surface area contributed by atoms with Crippen molar-refractivity contribution in [2.75, 3.05) is 23.3 Å². The predicted octanol–water partition coefficient (Wildman–Crippen LogP) is 2.08. The highest BCUT2D eigenvalue weighted by molar-refractivity contribution is 6.29. The summed E-state index contributed by atoms with van der Waals surface area (Å²) in [7, 11) is 0. The van der Waals surface area contributed by atoms with Crippen LogP contribution in [-0.4, -0.2) is 35.1 Å². The monoisotopic (exact) mass is 359 g/mol. The highest BCUT2D eigenvalue weighted by atomic mass is 35.5. The lowest BCUT2D eigenvalue weighted by atomic mass is 9.95. The van der Waals surface area contributed by atoms with Gasteiger partial charge in [0.2, 0.25) is 11.8 Å². The fourth-order valence-electron chi connectivity index (χ4n) is 2.81. The van der Waals surface area contributed by atoms with Gasteiger partial charge in [-0.1, -0.05) is 11.6 Å². The second-order valence-corrected chi connectivity index (χ2v) is 6.29. The second kappa shape index (κ2) is 7.48. The van der Waals surface area contributed by atoms with Gasteiger partial charge in [-0.15, -0.1) is 10.2 Å². The number of primary amides is 1. The Labute approximate surface area is 150 Å². The Hall–Kier alpha value is -2.67. The summed E-state index contributed by atoms with van der Waals surface area (Å²) in [5.74, 6) is 0.196. The van der Waals surface area contributed by atoms with Gasteiger partial charge in [0.05, 0.1) is 0 Å². The minimum absolute atomic E-state index is 0.0198. The van der Waals surface area contributed by atoms with Crippen LogP contribution in [0.15, 0.2) is 36.4 Å². The number of rotatable bonds is 4. The number of piperidine rings is 1. The molecule has 1 aromatic heterocycles. The molecule has 0 radical (unpaired) electrons. The van der Waals surface area contributed by atoms with Gasteiger partial charge in [-0.3, -0.25) is 9.59 Å². The summed E-state index contributed by atoms with van der Waals surface area (Å²) in [6, 6.07) is 10.1. The van der Waals surface area contributed by atoms with E-state index < -0.39 is 5.91 Å². The molecule has 1 fully saturated rings. The third-order valence-corrected chi connectivity index (χ3v) is 4.45. The smallest absolute Gasteiger partial charge is 0.248 e. The molecule has 0 bridgehead atoms. The van der Waals surface area contributed by atoms with E-state index >= 15 is 0 Å². The lowest BCUT2D eigenvalue weighted by molar-refractivity contribution is -0.120. The van der Waals surface area contributed by atoms with Crippen LogP contribution in [0.2, 0.25) is 5.15 Å². The summed E-state index contributed by atoms with van der Waals surface area (Å²) in [4.78, 5) is 25.6. The van der Waals surface area contributed by atoms with Gasteiger partial charge in [-0.25, -0.2) is 0 Å². The highest BCUT2D eigenvalue weighted by Crippen LogP contribution is 2.23. The van der Waals surface area contributed by atoms with Crippen LogP contribution in [0.5, 0.6) is 0 Å². The molecule has 0 atom stereocenters.